The topological polar surface area (TPSA) is 88.4 Å². The third-order valence-corrected chi connectivity index (χ3v) is 2.76. The van der Waals surface area contributed by atoms with Crippen LogP contribution >= 0.6 is 0 Å². The van der Waals surface area contributed by atoms with E-state index in [9.17, 15) is 9.59 Å². The molecular formula is C11H15N5O2. The first-order chi connectivity index (χ1) is 8.66. The maximum Gasteiger partial charge on any atom is 0.267 e. The Balaban J connectivity index is 1.79. The molecule has 1 aromatic heterocycles. The zero-order valence-electron chi connectivity index (χ0n) is 10.1. The summed E-state index contributed by atoms with van der Waals surface area (Å²) in [6.07, 6.45) is 3.14. The van der Waals surface area contributed by atoms with E-state index in [1.54, 1.807) is 10.9 Å². The predicted octanol–water partition coefficient (Wildman–Crippen LogP) is -0.655. The Morgan fingerprint density at radius 2 is 2.39 bits per heavy atom. The minimum absolute atomic E-state index is 0.151. The van der Waals surface area contributed by atoms with Crippen molar-refractivity contribution in [2.24, 2.45) is 12.1 Å². The molecule has 2 amide bonds. The van der Waals surface area contributed by atoms with Gasteiger partial charge in [0.05, 0.1) is 0 Å². The minimum Gasteiger partial charge on any atom is -0.351 e. The number of aromatic nitrogens is 2. The highest BCUT2D eigenvalue weighted by atomic mass is 16.2. The van der Waals surface area contributed by atoms with Crippen LogP contribution in [0.25, 0.3) is 0 Å². The van der Waals surface area contributed by atoms with Crippen LogP contribution in [0, 0.1) is 0 Å². The molecule has 0 aromatic carbocycles. The summed E-state index contributed by atoms with van der Waals surface area (Å²) in [4.78, 5) is 22.6. The fourth-order valence-electron chi connectivity index (χ4n) is 1.69. The first-order valence-electron chi connectivity index (χ1n) is 5.77. The zero-order valence-corrected chi connectivity index (χ0v) is 10.1. The van der Waals surface area contributed by atoms with Crippen molar-refractivity contribution in [3.05, 3.63) is 18.0 Å². The van der Waals surface area contributed by atoms with E-state index in [1.807, 2.05) is 13.1 Å². The van der Waals surface area contributed by atoms with Gasteiger partial charge in [-0.1, -0.05) is 0 Å². The number of hydrogen-bond donors (Lipinski definition) is 2. The summed E-state index contributed by atoms with van der Waals surface area (Å²) in [7, 11) is 1.86. The second-order valence-electron chi connectivity index (χ2n) is 4.05. The van der Waals surface area contributed by atoms with Crippen LogP contribution in [0.4, 0.5) is 0 Å². The Morgan fingerprint density at radius 1 is 1.56 bits per heavy atom. The van der Waals surface area contributed by atoms with Gasteiger partial charge in [0.2, 0.25) is 5.91 Å². The van der Waals surface area contributed by atoms with Crippen LogP contribution < -0.4 is 10.7 Å². The summed E-state index contributed by atoms with van der Waals surface area (Å²) < 4.78 is 1.77. The number of carbonyl (C=O) groups is 2. The minimum atomic E-state index is -0.225. The summed E-state index contributed by atoms with van der Waals surface area (Å²) in [6, 6.07) is 1.91. The molecule has 0 saturated heterocycles. The smallest absolute Gasteiger partial charge is 0.267 e. The molecule has 2 N–H and O–H groups in total. The number of hydrazone groups is 1. The number of nitrogens with one attached hydrogen (secondary N) is 2. The van der Waals surface area contributed by atoms with E-state index in [-0.39, 0.29) is 11.8 Å². The van der Waals surface area contributed by atoms with Gasteiger partial charge in [-0.2, -0.15) is 10.2 Å². The van der Waals surface area contributed by atoms with Gasteiger partial charge in [0.25, 0.3) is 5.91 Å². The van der Waals surface area contributed by atoms with Crippen LogP contribution in [0.3, 0.4) is 0 Å². The molecule has 7 heteroatoms. The largest absolute Gasteiger partial charge is 0.351 e. The number of aryl methyl sites for hydroxylation is 1. The van der Waals surface area contributed by atoms with Crippen molar-refractivity contribution in [3.8, 4) is 0 Å². The maximum absolute atomic E-state index is 11.7. The summed E-state index contributed by atoms with van der Waals surface area (Å²) in [5, 5.41) is 10.5. The first kappa shape index (κ1) is 12.3. The van der Waals surface area contributed by atoms with Gasteiger partial charge in [0.15, 0.2) is 0 Å². The van der Waals surface area contributed by atoms with Crippen LogP contribution in [0.1, 0.15) is 18.5 Å². The van der Waals surface area contributed by atoms with Crippen LogP contribution in [0.15, 0.2) is 17.4 Å². The summed E-state index contributed by atoms with van der Waals surface area (Å²) in [5.41, 5.74) is 3.72. The third kappa shape index (κ3) is 2.93. The molecule has 0 aliphatic carbocycles. The van der Waals surface area contributed by atoms with Crippen molar-refractivity contribution < 1.29 is 9.59 Å². The summed E-state index contributed by atoms with van der Waals surface area (Å²) >= 11 is 0. The second kappa shape index (κ2) is 5.44. The lowest BCUT2D eigenvalue weighted by Crippen LogP contribution is -2.37. The number of carbonyl (C=O) groups excluding carboxylic acids is 2. The Kier molecular flexibility index (Phi) is 3.71. The zero-order chi connectivity index (χ0) is 13.0. The van der Waals surface area contributed by atoms with Crippen molar-refractivity contribution in [1.82, 2.24) is 20.5 Å². The van der Waals surface area contributed by atoms with Crippen LogP contribution in [-0.2, 0) is 23.1 Å². The van der Waals surface area contributed by atoms with Gasteiger partial charge in [-0.3, -0.25) is 14.3 Å². The van der Waals surface area contributed by atoms with Gasteiger partial charge in [0, 0.05) is 44.7 Å². The molecule has 2 heterocycles. The molecule has 0 bridgehead atoms. The Bertz CT molecular complexity index is 491. The van der Waals surface area contributed by atoms with E-state index in [2.05, 4.69) is 20.9 Å². The van der Waals surface area contributed by atoms with E-state index >= 15 is 0 Å². The van der Waals surface area contributed by atoms with Crippen molar-refractivity contribution in [1.29, 1.82) is 0 Å². The fraction of sp³-hybridized carbons (Fsp3) is 0.455. The normalized spacial score (nSPS) is 14.9. The molecule has 1 aromatic rings. The number of hydrogen-bond acceptors (Lipinski definition) is 4. The van der Waals surface area contributed by atoms with Gasteiger partial charge >= 0.3 is 0 Å². The van der Waals surface area contributed by atoms with Gasteiger partial charge in [-0.25, -0.2) is 5.43 Å². The molecule has 0 atom stereocenters. The molecular weight excluding hydrogens is 234 g/mol. The Hall–Kier alpha value is -2.18. The number of rotatable bonds is 4. The van der Waals surface area contributed by atoms with Crippen molar-refractivity contribution >= 4 is 17.5 Å². The van der Waals surface area contributed by atoms with E-state index in [4.69, 9.17) is 0 Å². The second-order valence-corrected chi connectivity index (χ2v) is 4.05. The summed E-state index contributed by atoms with van der Waals surface area (Å²) in [5.74, 6) is -0.376. The standard InChI is InChI=1S/C11H15N5O2/c1-16-8(5-7-13-16)4-6-12-11(18)9-2-3-10(17)15-14-9/h5,7H,2-4,6H2,1H3,(H,12,18)(H,15,17). The fourth-order valence-corrected chi connectivity index (χ4v) is 1.69. The quantitative estimate of drug-likeness (QED) is 0.742. The third-order valence-electron chi connectivity index (χ3n) is 2.76. The van der Waals surface area contributed by atoms with Crippen molar-refractivity contribution in [2.45, 2.75) is 19.3 Å². The SMILES string of the molecule is Cn1nccc1CCNC(=O)C1=NNC(=O)CC1. The van der Waals surface area contributed by atoms with Crippen LogP contribution in [-0.4, -0.2) is 33.9 Å². The van der Waals surface area contributed by atoms with E-state index < -0.39 is 0 Å². The highest BCUT2D eigenvalue weighted by Gasteiger charge is 2.17. The lowest BCUT2D eigenvalue weighted by Gasteiger charge is -2.11. The van der Waals surface area contributed by atoms with Gasteiger partial charge in [-0.05, 0) is 6.07 Å². The van der Waals surface area contributed by atoms with E-state index in [0.717, 1.165) is 5.69 Å². The predicted molar refractivity (Wildman–Crippen MR) is 64.7 cm³/mol. The highest BCUT2D eigenvalue weighted by molar-refractivity contribution is 6.39. The molecule has 18 heavy (non-hydrogen) atoms. The number of amides is 2. The lowest BCUT2D eigenvalue weighted by molar-refractivity contribution is -0.121. The average molecular weight is 249 g/mol. The molecule has 7 nitrogen and oxygen atoms in total. The van der Waals surface area contributed by atoms with Crippen molar-refractivity contribution in [3.63, 3.8) is 0 Å². The first-order valence-corrected chi connectivity index (χ1v) is 5.77. The summed E-state index contributed by atoms with van der Waals surface area (Å²) in [6.45, 7) is 0.519. The Morgan fingerprint density at radius 3 is 3.00 bits per heavy atom. The van der Waals surface area contributed by atoms with Crippen LogP contribution in [0.5, 0.6) is 0 Å². The van der Waals surface area contributed by atoms with Gasteiger partial charge in [-0.15, -0.1) is 0 Å². The molecule has 0 unspecified atom stereocenters. The molecule has 96 valence electrons. The lowest BCUT2D eigenvalue weighted by atomic mass is 10.1. The molecule has 1 aliphatic rings. The van der Waals surface area contributed by atoms with Crippen LogP contribution in [0.2, 0.25) is 0 Å². The van der Waals surface area contributed by atoms with Crippen molar-refractivity contribution in [2.75, 3.05) is 6.54 Å². The maximum atomic E-state index is 11.7. The highest BCUT2D eigenvalue weighted by Crippen LogP contribution is 2.00. The average Bonchev–Trinajstić information content (AvgIpc) is 2.76. The molecule has 0 saturated carbocycles. The molecule has 0 radical (unpaired) electrons. The van der Waals surface area contributed by atoms with Gasteiger partial charge < -0.3 is 5.32 Å². The van der Waals surface area contributed by atoms with E-state index in [1.165, 1.54) is 0 Å². The number of nitrogens with zero attached hydrogens (tertiary/aromatic N) is 3. The van der Waals surface area contributed by atoms with E-state index in [0.29, 0.717) is 31.5 Å². The molecule has 0 fully saturated rings. The Labute approximate surface area is 104 Å². The monoisotopic (exact) mass is 249 g/mol. The molecule has 1 aliphatic heterocycles. The molecule has 0 spiro atoms. The van der Waals surface area contributed by atoms with Gasteiger partial charge in [0.1, 0.15) is 5.71 Å². The molecule has 2 rings (SSSR count).